The zero-order valence-corrected chi connectivity index (χ0v) is 8.86. The smallest absolute Gasteiger partial charge is 0.382 e. The lowest BCUT2D eigenvalue weighted by Crippen LogP contribution is -2.39. The first-order chi connectivity index (χ1) is 7.66. The Balaban J connectivity index is 3.21. The monoisotopic (exact) mass is 275 g/mol. The maximum atomic E-state index is 13.3. The van der Waals surface area contributed by atoms with Gasteiger partial charge < -0.3 is 10.8 Å². The SMILES string of the molecule is N[C@@H](c1c(F)ccc(Cl)c1F)[C@H](O)C(F)(F)F. The van der Waals surface area contributed by atoms with Crippen molar-refractivity contribution in [1.82, 2.24) is 0 Å². The molecular weight excluding hydrogens is 269 g/mol. The second-order valence-corrected chi connectivity index (χ2v) is 3.68. The van der Waals surface area contributed by atoms with E-state index in [-0.39, 0.29) is 0 Å². The van der Waals surface area contributed by atoms with E-state index in [0.29, 0.717) is 6.07 Å². The van der Waals surface area contributed by atoms with Crippen LogP contribution in [0.3, 0.4) is 0 Å². The van der Waals surface area contributed by atoms with Crippen molar-refractivity contribution in [3.63, 3.8) is 0 Å². The molecule has 1 aromatic rings. The summed E-state index contributed by atoms with van der Waals surface area (Å²) in [5, 5.41) is 8.24. The molecule has 0 saturated heterocycles. The van der Waals surface area contributed by atoms with Crippen molar-refractivity contribution < 1.29 is 27.1 Å². The largest absolute Gasteiger partial charge is 0.416 e. The third-order valence-electron chi connectivity index (χ3n) is 2.09. The molecule has 8 heteroatoms. The van der Waals surface area contributed by atoms with Crippen molar-refractivity contribution in [1.29, 1.82) is 0 Å². The van der Waals surface area contributed by atoms with Crippen LogP contribution in [0, 0.1) is 11.6 Å². The predicted molar refractivity (Wildman–Crippen MR) is 50.4 cm³/mol. The van der Waals surface area contributed by atoms with Gasteiger partial charge in [-0.05, 0) is 12.1 Å². The van der Waals surface area contributed by atoms with E-state index in [1.165, 1.54) is 0 Å². The maximum Gasteiger partial charge on any atom is 0.416 e. The first-order valence-corrected chi connectivity index (χ1v) is 4.67. The minimum absolute atomic E-state index is 0.578. The number of aliphatic hydroxyl groups is 1. The number of halogens is 6. The zero-order valence-electron chi connectivity index (χ0n) is 8.10. The first-order valence-electron chi connectivity index (χ1n) is 4.30. The fourth-order valence-electron chi connectivity index (χ4n) is 1.21. The molecule has 0 amide bonds. The van der Waals surface area contributed by atoms with Gasteiger partial charge in [-0.2, -0.15) is 13.2 Å². The Hall–Kier alpha value is -0.920. The van der Waals surface area contributed by atoms with E-state index >= 15 is 0 Å². The molecule has 2 atom stereocenters. The molecule has 2 nitrogen and oxygen atoms in total. The fraction of sp³-hybridized carbons (Fsp3) is 0.333. The predicted octanol–water partition coefficient (Wildman–Crippen LogP) is 2.54. The molecule has 1 aromatic carbocycles. The average Bonchev–Trinajstić information content (AvgIpc) is 2.21. The minimum atomic E-state index is -5.08. The summed E-state index contributed by atoms with van der Waals surface area (Å²) in [5.74, 6) is -2.72. The second-order valence-electron chi connectivity index (χ2n) is 3.27. The van der Waals surface area contributed by atoms with E-state index in [9.17, 15) is 22.0 Å². The molecule has 96 valence electrons. The molecule has 0 saturated carbocycles. The van der Waals surface area contributed by atoms with Gasteiger partial charge in [-0.25, -0.2) is 8.78 Å². The molecule has 0 heterocycles. The Bertz CT molecular complexity index is 423. The highest BCUT2D eigenvalue weighted by atomic mass is 35.5. The van der Waals surface area contributed by atoms with Gasteiger partial charge in [0, 0.05) is 5.56 Å². The van der Waals surface area contributed by atoms with Gasteiger partial charge in [0.05, 0.1) is 11.1 Å². The summed E-state index contributed by atoms with van der Waals surface area (Å²) in [7, 11) is 0. The molecule has 0 bridgehead atoms. The number of hydrogen-bond donors (Lipinski definition) is 2. The summed E-state index contributed by atoms with van der Waals surface area (Å²) in [6, 6.07) is -0.778. The van der Waals surface area contributed by atoms with E-state index < -0.39 is 40.5 Å². The molecule has 1 rings (SSSR count). The lowest BCUT2D eigenvalue weighted by molar-refractivity contribution is -0.210. The average molecular weight is 276 g/mol. The second kappa shape index (κ2) is 4.75. The van der Waals surface area contributed by atoms with Crippen LogP contribution in [0.15, 0.2) is 12.1 Å². The third-order valence-corrected chi connectivity index (χ3v) is 2.38. The Kier molecular flexibility index (Phi) is 3.95. The summed E-state index contributed by atoms with van der Waals surface area (Å²) in [5.41, 5.74) is 3.89. The summed E-state index contributed by atoms with van der Waals surface area (Å²) < 4.78 is 62.9. The summed E-state index contributed by atoms with van der Waals surface area (Å²) >= 11 is 5.29. The molecule has 0 radical (unpaired) electrons. The van der Waals surface area contributed by atoms with Crippen LogP contribution in [0.5, 0.6) is 0 Å². The topological polar surface area (TPSA) is 46.2 Å². The summed E-state index contributed by atoms with van der Waals surface area (Å²) in [4.78, 5) is 0. The Labute approximate surface area is 97.8 Å². The highest BCUT2D eigenvalue weighted by Gasteiger charge is 2.44. The number of rotatable bonds is 2. The molecule has 0 fully saturated rings. The number of hydrogen-bond acceptors (Lipinski definition) is 2. The van der Waals surface area contributed by atoms with E-state index in [1.54, 1.807) is 0 Å². The van der Waals surface area contributed by atoms with Gasteiger partial charge >= 0.3 is 6.18 Å². The molecular formula is C9H7ClF5NO. The molecule has 17 heavy (non-hydrogen) atoms. The molecule has 3 N–H and O–H groups in total. The third kappa shape index (κ3) is 2.85. The van der Waals surface area contributed by atoms with Gasteiger partial charge in [0.25, 0.3) is 0 Å². The van der Waals surface area contributed by atoms with E-state index in [1.807, 2.05) is 0 Å². The van der Waals surface area contributed by atoms with Gasteiger partial charge in [0.15, 0.2) is 6.10 Å². The molecule has 0 spiro atoms. The fourth-order valence-corrected chi connectivity index (χ4v) is 1.37. The van der Waals surface area contributed by atoms with E-state index in [0.717, 1.165) is 6.07 Å². The van der Waals surface area contributed by atoms with Crippen LogP contribution >= 0.6 is 11.6 Å². The van der Waals surface area contributed by atoms with Crippen LogP contribution in [0.4, 0.5) is 22.0 Å². The van der Waals surface area contributed by atoms with Gasteiger partial charge in [-0.3, -0.25) is 0 Å². The lowest BCUT2D eigenvalue weighted by Gasteiger charge is -2.22. The van der Waals surface area contributed by atoms with Crippen LogP contribution in [0.1, 0.15) is 11.6 Å². The van der Waals surface area contributed by atoms with Crippen molar-refractivity contribution in [3.8, 4) is 0 Å². The standard InChI is InChI=1S/C9H7ClF5NO/c10-3-1-2-4(11)5(6(3)12)7(16)8(17)9(13,14)15/h1-2,7-8,17H,16H2/t7-,8-/m0/s1. The van der Waals surface area contributed by atoms with E-state index in [2.05, 4.69) is 0 Å². The molecule has 0 aromatic heterocycles. The van der Waals surface area contributed by atoms with Crippen molar-refractivity contribution in [3.05, 3.63) is 34.4 Å². The van der Waals surface area contributed by atoms with E-state index in [4.69, 9.17) is 22.4 Å². The van der Waals surface area contributed by atoms with Crippen LogP contribution in [-0.4, -0.2) is 17.4 Å². The van der Waals surface area contributed by atoms with Crippen molar-refractivity contribution in [2.45, 2.75) is 18.3 Å². The van der Waals surface area contributed by atoms with Crippen LogP contribution in [-0.2, 0) is 0 Å². The Morgan fingerprint density at radius 3 is 2.24 bits per heavy atom. The number of alkyl halides is 3. The van der Waals surface area contributed by atoms with Crippen LogP contribution < -0.4 is 5.73 Å². The summed E-state index contributed by atoms with van der Waals surface area (Å²) in [6.45, 7) is 0. The number of nitrogens with two attached hydrogens (primary N) is 1. The normalized spacial score (nSPS) is 15.8. The zero-order chi connectivity index (χ0) is 13.4. The maximum absolute atomic E-state index is 13.3. The molecule has 0 aliphatic heterocycles. The van der Waals surface area contributed by atoms with Gasteiger partial charge in [-0.1, -0.05) is 11.6 Å². The quantitative estimate of drug-likeness (QED) is 0.644. The van der Waals surface area contributed by atoms with Gasteiger partial charge in [-0.15, -0.1) is 0 Å². The lowest BCUT2D eigenvalue weighted by atomic mass is 10.0. The van der Waals surface area contributed by atoms with Crippen molar-refractivity contribution >= 4 is 11.6 Å². The van der Waals surface area contributed by atoms with Crippen molar-refractivity contribution in [2.75, 3.05) is 0 Å². The highest BCUT2D eigenvalue weighted by Crippen LogP contribution is 2.32. The highest BCUT2D eigenvalue weighted by molar-refractivity contribution is 6.30. The first kappa shape index (κ1) is 14.1. The Morgan fingerprint density at radius 2 is 1.76 bits per heavy atom. The molecule has 0 aliphatic rings. The van der Waals surface area contributed by atoms with Crippen molar-refractivity contribution in [2.24, 2.45) is 5.73 Å². The summed E-state index contributed by atoms with van der Waals surface area (Å²) in [6.07, 6.45) is -8.16. The minimum Gasteiger partial charge on any atom is -0.382 e. The Morgan fingerprint density at radius 1 is 1.24 bits per heavy atom. The number of benzene rings is 1. The number of aliphatic hydroxyl groups excluding tert-OH is 1. The van der Waals surface area contributed by atoms with Crippen LogP contribution in [0.2, 0.25) is 5.02 Å². The van der Waals surface area contributed by atoms with Gasteiger partial charge in [0.1, 0.15) is 11.6 Å². The van der Waals surface area contributed by atoms with Gasteiger partial charge in [0.2, 0.25) is 0 Å². The molecule has 0 aliphatic carbocycles. The molecule has 0 unspecified atom stereocenters. The van der Waals surface area contributed by atoms with Crippen LogP contribution in [0.25, 0.3) is 0 Å².